The number of hydrogen-bond acceptors (Lipinski definition) is 6. The fraction of sp³-hybridized carbons (Fsp3) is 0.600. The standard InChI is InChI=1S/C10H14O4S2/c11-9(3-7-15)13-5-1-2-6-14-10(12)4-8-16/h15-16H,3-8H2. The molecule has 0 aromatic carbocycles. The van der Waals surface area contributed by atoms with Crippen LogP contribution in [0, 0.1) is 11.8 Å². The molecule has 0 amide bonds. The molecule has 6 heteroatoms. The van der Waals surface area contributed by atoms with Gasteiger partial charge in [0, 0.05) is 11.5 Å². The van der Waals surface area contributed by atoms with Crippen LogP contribution in [-0.2, 0) is 19.1 Å². The molecule has 16 heavy (non-hydrogen) atoms. The molecule has 90 valence electrons. The van der Waals surface area contributed by atoms with Gasteiger partial charge in [0.2, 0.25) is 0 Å². The number of ether oxygens (including phenoxy) is 2. The van der Waals surface area contributed by atoms with E-state index in [-0.39, 0.29) is 38.0 Å². The molecule has 0 aliphatic heterocycles. The Morgan fingerprint density at radius 2 is 1.25 bits per heavy atom. The number of rotatable bonds is 6. The van der Waals surface area contributed by atoms with E-state index < -0.39 is 0 Å². The van der Waals surface area contributed by atoms with E-state index >= 15 is 0 Å². The van der Waals surface area contributed by atoms with Crippen molar-refractivity contribution in [3.05, 3.63) is 0 Å². The van der Waals surface area contributed by atoms with E-state index in [1.54, 1.807) is 0 Å². The molecule has 0 unspecified atom stereocenters. The Morgan fingerprint density at radius 1 is 0.875 bits per heavy atom. The Bertz CT molecular complexity index is 254. The van der Waals surface area contributed by atoms with Crippen LogP contribution < -0.4 is 0 Å². The van der Waals surface area contributed by atoms with Crippen LogP contribution in [0.15, 0.2) is 0 Å². The highest BCUT2D eigenvalue weighted by Gasteiger charge is 1.98. The average Bonchev–Trinajstić information content (AvgIpc) is 2.24. The van der Waals surface area contributed by atoms with Gasteiger partial charge in [0.1, 0.15) is 0 Å². The Labute approximate surface area is 106 Å². The molecule has 0 aromatic heterocycles. The van der Waals surface area contributed by atoms with Gasteiger partial charge in [0.15, 0.2) is 13.2 Å². The van der Waals surface area contributed by atoms with Crippen LogP contribution in [0.5, 0.6) is 0 Å². The monoisotopic (exact) mass is 262 g/mol. The fourth-order valence-electron chi connectivity index (χ4n) is 0.662. The van der Waals surface area contributed by atoms with E-state index in [4.69, 9.17) is 9.47 Å². The van der Waals surface area contributed by atoms with Crippen molar-refractivity contribution in [3.8, 4) is 11.8 Å². The number of thiol groups is 2. The Kier molecular flexibility index (Phi) is 10.2. The fourth-order valence-corrected chi connectivity index (χ4v) is 1.03. The lowest BCUT2D eigenvalue weighted by Crippen LogP contribution is -2.06. The molecule has 4 nitrogen and oxygen atoms in total. The molecule has 0 heterocycles. The van der Waals surface area contributed by atoms with Crippen LogP contribution in [-0.4, -0.2) is 36.7 Å². The topological polar surface area (TPSA) is 52.6 Å². The summed E-state index contributed by atoms with van der Waals surface area (Å²) in [5.74, 6) is 5.35. The van der Waals surface area contributed by atoms with Gasteiger partial charge in [0.05, 0.1) is 12.8 Å². The third-order valence-electron chi connectivity index (χ3n) is 1.37. The molecule has 0 saturated heterocycles. The quantitative estimate of drug-likeness (QED) is 0.421. The maximum Gasteiger partial charge on any atom is 0.307 e. The minimum absolute atomic E-state index is 0.0106. The first kappa shape index (κ1) is 15.2. The smallest absolute Gasteiger partial charge is 0.307 e. The Morgan fingerprint density at radius 3 is 1.56 bits per heavy atom. The summed E-state index contributed by atoms with van der Waals surface area (Å²) < 4.78 is 9.45. The van der Waals surface area contributed by atoms with Gasteiger partial charge in [-0.25, -0.2) is 0 Å². The van der Waals surface area contributed by atoms with E-state index in [9.17, 15) is 9.59 Å². The zero-order chi connectivity index (χ0) is 12.2. The molecule has 0 N–H and O–H groups in total. The molecular weight excluding hydrogens is 248 g/mol. The maximum absolute atomic E-state index is 10.8. The van der Waals surface area contributed by atoms with Crippen LogP contribution in [0.4, 0.5) is 0 Å². The van der Waals surface area contributed by atoms with Gasteiger partial charge in [-0.1, -0.05) is 11.8 Å². The number of hydrogen-bond donors (Lipinski definition) is 2. The lowest BCUT2D eigenvalue weighted by Gasteiger charge is -1.98. The van der Waals surface area contributed by atoms with Crippen molar-refractivity contribution >= 4 is 37.2 Å². The van der Waals surface area contributed by atoms with Crippen LogP contribution in [0.3, 0.4) is 0 Å². The third-order valence-corrected chi connectivity index (χ3v) is 1.81. The van der Waals surface area contributed by atoms with Crippen molar-refractivity contribution in [2.45, 2.75) is 12.8 Å². The Hall–Kier alpha value is -0.800. The normalized spacial score (nSPS) is 8.88. The molecule has 0 aliphatic rings. The number of carbonyl (C=O) groups is 2. The maximum atomic E-state index is 10.8. The van der Waals surface area contributed by atoms with Crippen LogP contribution in [0.25, 0.3) is 0 Å². The molecule has 0 spiro atoms. The van der Waals surface area contributed by atoms with Crippen molar-refractivity contribution in [1.29, 1.82) is 0 Å². The van der Waals surface area contributed by atoms with Gasteiger partial charge >= 0.3 is 11.9 Å². The molecule has 0 rings (SSSR count). The van der Waals surface area contributed by atoms with Gasteiger partial charge in [-0.2, -0.15) is 25.3 Å². The van der Waals surface area contributed by atoms with Crippen molar-refractivity contribution in [3.63, 3.8) is 0 Å². The molecule has 0 aromatic rings. The number of carbonyl (C=O) groups excluding carboxylic acids is 2. The summed E-state index contributed by atoms with van der Waals surface area (Å²) in [6.07, 6.45) is 0.531. The van der Waals surface area contributed by atoms with Crippen molar-refractivity contribution in [2.24, 2.45) is 0 Å². The molecule has 0 aliphatic carbocycles. The largest absolute Gasteiger partial charge is 0.452 e. The summed E-state index contributed by atoms with van der Waals surface area (Å²) in [7, 11) is 0. The SMILES string of the molecule is O=C(CCS)OCC#CCOC(=O)CCS. The minimum Gasteiger partial charge on any atom is -0.452 e. The molecule has 0 fully saturated rings. The first-order chi connectivity index (χ1) is 7.70. The zero-order valence-electron chi connectivity index (χ0n) is 8.77. The van der Waals surface area contributed by atoms with Crippen LogP contribution in [0.1, 0.15) is 12.8 Å². The predicted octanol–water partition coefficient (Wildman–Crippen LogP) is 0.716. The Balaban J connectivity index is 3.48. The second-order valence-corrected chi connectivity index (χ2v) is 3.52. The second kappa shape index (κ2) is 10.7. The highest BCUT2D eigenvalue weighted by atomic mass is 32.1. The summed E-state index contributed by atoms with van der Waals surface area (Å²) in [6, 6.07) is 0. The van der Waals surface area contributed by atoms with Gasteiger partial charge < -0.3 is 9.47 Å². The van der Waals surface area contributed by atoms with Crippen molar-refractivity contribution < 1.29 is 19.1 Å². The third kappa shape index (κ3) is 9.74. The van der Waals surface area contributed by atoms with Gasteiger partial charge in [0.25, 0.3) is 0 Å². The molecule has 0 bridgehead atoms. The minimum atomic E-state index is -0.337. The zero-order valence-corrected chi connectivity index (χ0v) is 10.6. The molecule has 0 saturated carbocycles. The average molecular weight is 262 g/mol. The lowest BCUT2D eigenvalue weighted by molar-refractivity contribution is -0.142. The van der Waals surface area contributed by atoms with E-state index in [1.165, 1.54) is 0 Å². The summed E-state index contributed by atoms with van der Waals surface area (Å²) in [5.41, 5.74) is 0. The van der Waals surface area contributed by atoms with E-state index in [0.717, 1.165) is 0 Å². The van der Waals surface area contributed by atoms with Crippen LogP contribution in [0.2, 0.25) is 0 Å². The van der Waals surface area contributed by atoms with Gasteiger partial charge in [-0.3, -0.25) is 9.59 Å². The second-order valence-electron chi connectivity index (χ2n) is 2.62. The first-order valence-electron chi connectivity index (χ1n) is 4.69. The predicted molar refractivity (Wildman–Crippen MR) is 66.6 cm³/mol. The highest BCUT2D eigenvalue weighted by Crippen LogP contribution is 1.89. The van der Waals surface area contributed by atoms with Gasteiger partial charge in [-0.05, 0) is 0 Å². The summed E-state index contributed by atoms with van der Waals surface area (Å²) in [4.78, 5) is 21.7. The lowest BCUT2D eigenvalue weighted by atomic mass is 10.5. The first-order valence-corrected chi connectivity index (χ1v) is 5.96. The van der Waals surface area contributed by atoms with Gasteiger partial charge in [-0.15, -0.1) is 0 Å². The van der Waals surface area contributed by atoms with E-state index in [1.807, 2.05) is 0 Å². The molecule has 0 radical (unpaired) electrons. The highest BCUT2D eigenvalue weighted by molar-refractivity contribution is 7.80. The summed E-state index contributed by atoms with van der Waals surface area (Å²) in [5, 5.41) is 0. The van der Waals surface area contributed by atoms with E-state index in [0.29, 0.717) is 11.5 Å². The van der Waals surface area contributed by atoms with Crippen molar-refractivity contribution in [2.75, 3.05) is 24.7 Å². The van der Waals surface area contributed by atoms with E-state index in [2.05, 4.69) is 37.1 Å². The van der Waals surface area contributed by atoms with Crippen molar-refractivity contribution in [1.82, 2.24) is 0 Å². The molecular formula is C10H14O4S2. The summed E-state index contributed by atoms with van der Waals surface area (Å²) in [6.45, 7) is 0.0213. The summed E-state index contributed by atoms with van der Waals surface area (Å²) >= 11 is 7.76. The van der Waals surface area contributed by atoms with Crippen LogP contribution >= 0.6 is 25.3 Å². The number of esters is 2. The molecule has 0 atom stereocenters.